The molecule has 10 aromatic rings. The fourth-order valence-corrected chi connectivity index (χ4v) is 12.0. The number of hydrogen-bond donors (Lipinski definition) is 0. The smallest absolute Gasteiger partial charge is 0.0449 e. The van der Waals surface area contributed by atoms with Gasteiger partial charge in [0.05, 0.1) is 0 Å². The fraction of sp³-hybridized carbons (Fsp3) is 0. The Kier molecular flexibility index (Phi) is 9.32. The van der Waals surface area contributed by atoms with Crippen LogP contribution in [-0.4, -0.2) is 0 Å². The van der Waals surface area contributed by atoms with Crippen molar-refractivity contribution in [2.45, 2.75) is 0 Å². The molecule has 10 rings (SSSR count). The molecule has 0 aliphatic carbocycles. The van der Waals surface area contributed by atoms with Crippen LogP contribution in [0.5, 0.6) is 0 Å². The Labute approximate surface area is 341 Å². The lowest BCUT2D eigenvalue weighted by atomic mass is 9.97. The maximum Gasteiger partial charge on any atom is 0.0449 e. The molecule has 0 atom stereocenters. The summed E-state index contributed by atoms with van der Waals surface area (Å²) in [5, 5.41) is 2.15. The average Bonchev–Trinajstić information content (AvgIpc) is 4.10. The van der Waals surface area contributed by atoms with Crippen LogP contribution >= 0.6 is 56.7 Å². The summed E-state index contributed by atoms with van der Waals surface area (Å²) in [5.41, 5.74) is 11.1. The van der Waals surface area contributed by atoms with Crippen molar-refractivity contribution in [3.8, 4) is 94.0 Å². The lowest BCUT2D eigenvalue weighted by molar-refractivity contribution is 1.57. The number of hydrogen-bond acceptors (Lipinski definition) is 5. The lowest BCUT2D eigenvalue weighted by Gasteiger charge is -2.08. The quantitative estimate of drug-likeness (QED) is 0.137. The normalized spacial score (nSPS) is 11.3. The Balaban J connectivity index is 0.790. The molecule has 5 heteroatoms. The van der Waals surface area contributed by atoms with Gasteiger partial charge in [-0.1, -0.05) is 133 Å². The summed E-state index contributed by atoms with van der Waals surface area (Å²) in [7, 11) is 0. The first-order chi connectivity index (χ1) is 27.2. The zero-order valence-electron chi connectivity index (χ0n) is 29.5. The molecule has 0 bridgehead atoms. The summed E-state index contributed by atoms with van der Waals surface area (Å²) in [5.74, 6) is 0. The Morgan fingerprint density at radius 2 is 0.455 bits per heavy atom. The molecule has 5 aromatic carbocycles. The molecule has 5 heterocycles. The summed E-state index contributed by atoms with van der Waals surface area (Å²) in [4.78, 5) is 11.9. The first-order valence-corrected chi connectivity index (χ1v) is 22.3. The standard InChI is InChI=1S/C50H32S5/c1-2-5-33(6-3-1)34-8-10-35(11-9-34)36-12-14-37(15-13-36)38-16-18-39(19-17-38)40-20-22-41(23-21-40)42-24-25-45(52-42)46-28-29-49(54-46)50-31-30-48(55-50)47-27-26-44(53-47)43-7-4-32-51-43/h1-32H. The zero-order valence-corrected chi connectivity index (χ0v) is 33.6. The predicted octanol–water partition coefficient (Wildman–Crippen LogP) is 17.0. The topological polar surface area (TPSA) is 0 Å². The van der Waals surface area contributed by atoms with E-state index in [-0.39, 0.29) is 0 Å². The van der Waals surface area contributed by atoms with E-state index in [2.05, 4.69) is 193 Å². The number of rotatable bonds is 9. The van der Waals surface area contributed by atoms with Crippen LogP contribution in [0.1, 0.15) is 0 Å². The van der Waals surface area contributed by atoms with E-state index in [1.165, 1.54) is 94.0 Å². The van der Waals surface area contributed by atoms with E-state index in [1.54, 1.807) is 11.3 Å². The summed E-state index contributed by atoms with van der Waals surface area (Å²) in [6.07, 6.45) is 0. The van der Waals surface area contributed by atoms with Gasteiger partial charge < -0.3 is 0 Å². The molecule has 0 aliphatic rings. The van der Waals surface area contributed by atoms with Gasteiger partial charge in [-0.3, -0.25) is 0 Å². The molecular formula is C50H32S5. The highest BCUT2D eigenvalue weighted by Gasteiger charge is 2.13. The van der Waals surface area contributed by atoms with Gasteiger partial charge in [0.1, 0.15) is 0 Å². The van der Waals surface area contributed by atoms with Crippen molar-refractivity contribution < 1.29 is 0 Å². The molecule has 0 unspecified atom stereocenters. The first kappa shape index (κ1) is 34.1. The Morgan fingerprint density at radius 3 is 0.782 bits per heavy atom. The molecule has 262 valence electrons. The zero-order chi connectivity index (χ0) is 36.6. The molecule has 0 saturated heterocycles. The van der Waals surface area contributed by atoms with Gasteiger partial charge in [0.25, 0.3) is 0 Å². The van der Waals surface area contributed by atoms with Crippen LogP contribution in [0.25, 0.3) is 94.0 Å². The minimum Gasteiger partial charge on any atom is -0.143 e. The summed E-state index contributed by atoms with van der Waals surface area (Å²) < 4.78 is 0. The molecule has 0 saturated carbocycles. The van der Waals surface area contributed by atoms with Crippen LogP contribution in [0.2, 0.25) is 0 Å². The van der Waals surface area contributed by atoms with Gasteiger partial charge in [-0.15, -0.1) is 56.7 Å². The van der Waals surface area contributed by atoms with Crippen LogP contribution in [0.15, 0.2) is 193 Å². The van der Waals surface area contributed by atoms with Gasteiger partial charge in [-0.05, 0) is 110 Å². The number of thiophene rings is 5. The maximum atomic E-state index is 2.28. The van der Waals surface area contributed by atoms with Crippen molar-refractivity contribution in [2.75, 3.05) is 0 Å². The van der Waals surface area contributed by atoms with Crippen molar-refractivity contribution in [3.63, 3.8) is 0 Å². The van der Waals surface area contributed by atoms with E-state index < -0.39 is 0 Å². The second-order valence-electron chi connectivity index (χ2n) is 13.3. The molecule has 0 amide bonds. The minimum absolute atomic E-state index is 1.22. The highest BCUT2D eigenvalue weighted by atomic mass is 32.1. The highest BCUT2D eigenvalue weighted by Crippen LogP contribution is 2.45. The van der Waals surface area contributed by atoms with Crippen molar-refractivity contribution in [1.29, 1.82) is 0 Å². The lowest BCUT2D eigenvalue weighted by Crippen LogP contribution is -1.83. The van der Waals surface area contributed by atoms with E-state index in [0.29, 0.717) is 0 Å². The van der Waals surface area contributed by atoms with E-state index in [9.17, 15) is 0 Å². The van der Waals surface area contributed by atoms with E-state index >= 15 is 0 Å². The summed E-state index contributed by atoms with van der Waals surface area (Å²) in [6.45, 7) is 0. The third kappa shape index (κ3) is 7.14. The van der Waals surface area contributed by atoms with Crippen LogP contribution in [-0.2, 0) is 0 Å². The van der Waals surface area contributed by atoms with E-state index in [4.69, 9.17) is 0 Å². The Bertz CT molecular complexity index is 2810. The molecule has 0 radical (unpaired) electrons. The van der Waals surface area contributed by atoms with Crippen molar-refractivity contribution in [1.82, 2.24) is 0 Å². The van der Waals surface area contributed by atoms with Crippen LogP contribution in [0.3, 0.4) is 0 Å². The summed E-state index contributed by atoms with van der Waals surface area (Å²) >= 11 is 9.32. The third-order valence-corrected chi connectivity index (χ3v) is 15.9. The maximum absolute atomic E-state index is 2.28. The minimum atomic E-state index is 1.22. The molecular weight excluding hydrogens is 761 g/mol. The van der Waals surface area contributed by atoms with Crippen LogP contribution < -0.4 is 0 Å². The Hall–Kier alpha value is -5.40. The molecule has 5 aromatic heterocycles. The molecule has 0 spiro atoms. The molecule has 0 N–H and O–H groups in total. The van der Waals surface area contributed by atoms with E-state index in [1.807, 2.05) is 45.3 Å². The van der Waals surface area contributed by atoms with E-state index in [0.717, 1.165) is 0 Å². The molecule has 0 aliphatic heterocycles. The molecule has 55 heavy (non-hydrogen) atoms. The SMILES string of the molecule is c1ccc(-c2ccc(-c3ccc(-c4ccc(-c5ccc(-c6ccc(-c7ccc(-c8ccc(-c9ccc(-c%10cccs%10)s9)s8)s7)s6)cc5)cc4)cc3)cc2)cc1. The van der Waals surface area contributed by atoms with Crippen molar-refractivity contribution in [3.05, 3.63) is 193 Å². The third-order valence-electron chi connectivity index (χ3n) is 9.85. The van der Waals surface area contributed by atoms with Crippen LogP contribution in [0, 0.1) is 0 Å². The van der Waals surface area contributed by atoms with Crippen molar-refractivity contribution >= 4 is 56.7 Å². The van der Waals surface area contributed by atoms with Gasteiger partial charge in [0.2, 0.25) is 0 Å². The van der Waals surface area contributed by atoms with Gasteiger partial charge in [0, 0.05) is 43.9 Å². The number of benzene rings is 5. The van der Waals surface area contributed by atoms with Gasteiger partial charge in [-0.25, -0.2) is 0 Å². The highest BCUT2D eigenvalue weighted by molar-refractivity contribution is 7.29. The second-order valence-corrected chi connectivity index (χ2v) is 18.6. The van der Waals surface area contributed by atoms with Crippen molar-refractivity contribution in [2.24, 2.45) is 0 Å². The predicted molar refractivity (Wildman–Crippen MR) is 245 cm³/mol. The molecule has 0 nitrogen and oxygen atoms in total. The summed E-state index contributed by atoms with van der Waals surface area (Å²) in [6, 6.07) is 68.7. The average molecular weight is 793 g/mol. The van der Waals surface area contributed by atoms with Gasteiger partial charge in [0.15, 0.2) is 0 Å². The monoisotopic (exact) mass is 792 g/mol. The van der Waals surface area contributed by atoms with Gasteiger partial charge >= 0.3 is 0 Å². The van der Waals surface area contributed by atoms with Crippen LogP contribution in [0.4, 0.5) is 0 Å². The second kappa shape index (κ2) is 15.0. The first-order valence-electron chi connectivity index (χ1n) is 18.1. The fourth-order valence-electron chi connectivity index (χ4n) is 6.88. The van der Waals surface area contributed by atoms with Gasteiger partial charge in [-0.2, -0.15) is 0 Å². The largest absolute Gasteiger partial charge is 0.143 e. The Morgan fingerprint density at radius 1 is 0.182 bits per heavy atom. The molecule has 0 fully saturated rings.